The lowest BCUT2D eigenvalue weighted by atomic mass is 10.2. The zero-order valence-corrected chi connectivity index (χ0v) is 10.6. The minimum atomic E-state index is -1.24. The van der Waals surface area contributed by atoms with Gasteiger partial charge in [0.05, 0.1) is 0 Å². The molecule has 1 aromatic rings. The Labute approximate surface area is 106 Å². The van der Waals surface area contributed by atoms with Gasteiger partial charge < -0.3 is 10.0 Å². The van der Waals surface area contributed by atoms with Gasteiger partial charge in [-0.2, -0.15) is 0 Å². The number of carbonyl (C=O) groups is 2. The highest BCUT2D eigenvalue weighted by atomic mass is 16.4. The molecule has 1 heterocycles. The van der Waals surface area contributed by atoms with Crippen LogP contribution in [0.2, 0.25) is 0 Å². The maximum absolute atomic E-state index is 12.2. The number of aromatic nitrogens is 2. The third kappa shape index (κ3) is 3.26. The topological polar surface area (TPSA) is 83.4 Å². The maximum atomic E-state index is 12.2. The van der Waals surface area contributed by atoms with E-state index in [2.05, 4.69) is 9.97 Å². The number of hydrogen-bond donors (Lipinski definition) is 1. The Balaban J connectivity index is 3.04. The molecule has 1 amide bonds. The van der Waals surface area contributed by atoms with Crippen molar-refractivity contribution in [2.24, 2.45) is 0 Å². The molecule has 0 bridgehead atoms. The Morgan fingerprint density at radius 3 is 2.06 bits per heavy atom. The summed E-state index contributed by atoms with van der Waals surface area (Å²) in [6.07, 6.45) is 4.22. The predicted molar refractivity (Wildman–Crippen MR) is 65.5 cm³/mol. The SMILES string of the molecule is CCCN(CCC)C(=O)c1nccnc1C(=O)O. The van der Waals surface area contributed by atoms with Crippen LogP contribution in [-0.2, 0) is 0 Å². The van der Waals surface area contributed by atoms with Gasteiger partial charge in [-0.25, -0.2) is 14.8 Å². The largest absolute Gasteiger partial charge is 0.476 e. The Bertz CT molecular complexity index is 428. The lowest BCUT2D eigenvalue weighted by Crippen LogP contribution is -2.34. The fourth-order valence-electron chi connectivity index (χ4n) is 1.66. The van der Waals surface area contributed by atoms with E-state index in [1.807, 2.05) is 13.8 Å². The Hall–Kier alpha value is -1.98. The van der Waals surface area contributed by atoms with E-state index >= 15 is 0 Å². The monoisotopic (exact) mass is 251 g/mol. The van der Waals surface area contributed by atoms with Gasteiger partial charge in [0.15, 0.2) is 11.4 Å². The number of carbonyl (C=O) groups excluding carboxylic acids is 1. The summed E-state index contributed by atoms with van der Waals surface area (Å²) in [6.45, 7) is 5.10. The van der Waals surface area contributed by atoms with E-state index in [4.69, 9.17) is 5.11 Å². The first-order valence-corrected chi connectivity index (χ1v) is 5.95. The zero-order valence-electron chi connectivity index (χ0n) is 10.6. The zero-order chi connectivity index (χ0) is 13.5. The van der Waals surface area contributed by atoms with Crippen LogP contribution in [0.4, 0.5) is 0 Å². The van der Waals surface area contributed by atoms with E-state index in [0.29, 0.717) is 13.1 Å². The number of hydrogen-bond acceptors (Lipinski definition) is 4. The average molecular weight is 251 g/mol. The molecule has 0 spiro atoms. The van der Waals surface area contributed by atoms with E-state index in [9.17, 15) is 9.59 Å². The van der Waals surface area contributed by atoms with Gasteiger partial charge in [-0.3, -0.25) is 4.79 Å². The van der Waals surface area contributed by atoms with Crippen molar-refractivity contribution in [2.75, 3.05) is 13.1 Å². The first-order valence-electron chi connectivity index (χ1n) is 5.95. The molecule has 0 aromatic carbocycles. The lowest BCUT2D eigenvalue weighted by Gasteiger charge is -2.21. The summed E-state index contributed by atoms with van der Waals surface area (Å²) in [5, 5.41) is 8.98. The van der Waals surface area contributed by atoms with Crippen LogP contribution in [0, 0.1) is 0 Å². The summed E-state index contributed by atoms with van der Waals surface area (Å²) in [4.78, 5) is 32.4. The normalized spacial score (nSPS) is 10.1. The standard InChI is InChI=1S/C12H17N3O3/c1-3-7-15(8-4-2)11(16)9-10(12(17)18)14-6-5-13-9/h5-6H,3-4,7-8H2,1-2H3,(H,17,18). The van der Waals surface area contributed by atoms with Crippen LogP contribution in [0.15, 0.2) is 12.4 Å². The van der Waals surface area contributed by atoms with Crippen LogP contribution in [0.1, 0.15) is 47.7 Å². The molecule has 1 N–H and O–H groups in total. The Kier molecular flexibility index (Phi) is 5.23. The van der Waals surface area contributed by atoms with E-state index < -0.39 is 5.97 Å². The van der Waals surface area contributed by atoms with Gasteiger partial charge in [-0.1, -0.05) is 13.8 Å². The number of carboxylic acids is 1. The third-order valence-electron chi connectivity index (χ3n) is 2.38. The van der Waals surface area contributed by atoms with Gasteiger partial charge in [0.2, 0.25) is 0 Å². The molecule has 98 valence electrons. The molecule has 1 aromatic heterocycles. The number of amides is 1. The highest BCUT2D eigenvalue weighted by Crippen LogP contribution is 2.07. The molecule has 1 rings (SSSR count). The molecule has 0 atom stereocenters. The second kappa shape index (κ2) is 6.68. The van der Waals surface area contributed by atoms with Crippen LogP contribution >= 0.6 is 0 Å². The fraction of sp³-hybridized carbons (Fsp3) is 0.500. The quantitative estimate of drug-likeness (QED) is 0.827. The fourth-order valence-corrected chi connectivity index (χ4v) is 1.66. The first kappa shape index (κ1) is 14.1. The molecule has 0 saturated carbocycles. The smallest absolute Gasteiger partial charge is 0.356 e. The molecule has 0 aliphatic rings. The second-order valence-electron chi connectivity index (χ2n) is 3.85. The Morgan fingerprint density at radius 2 is 1.61 bits per heavy atom. The number of rotatable bonds is 6. The van der Waals surface area contributed by atoms with Gasteiger partial charge in [-0.05, 0) is 12.8 Å². The van der Waals surface area contributed by atoms with Crippen molar-refractivity contribution in [2.45, 2.75) is 26.7 Å². The minimum absolute atomic E-state index is 0.0908. The van der Waals surface area contributed by atoms with Crippen molar-refractivity contribution in [3.63, 3.8) is 0 Å². The second-order valence-corrected chi connectivity index (χ2v) is 3.85. The maximum Gasteiger partial charge on any atom is 0.356 e. The molecule has 0 unspecified atom stereocenters. The molecule has 0 radical (unpaired) electrons. The van der Waals surface area contributed by atoms with Crippen molar-refractivity contribution in [1.29, 1.82) is 0 Å². The molecule has 0 aliphatic carbocycles. The number of nitrogens with zero attached hydrogens (tertiary/aromatic N) is 3. The van der Waals surface area contributed by atoms with Gasteiger partial charge >= 0.3 is 5.97 Å². The first-order chi connectivity index (χ1) is 8.61. The summed E-state index contributed by atoms with van der Waals surface area (Å²) in [6, 6.07) is 0. The highest BCUT2D eigenvalue weighted by molar-refractivity contribution is 6.01. The van der Waals surface area contributed by atoms with Crippen molar-refractivity contribution in [3.8, 4) is 0 Å². The summed E-state index contributed by atoms with van der Waals surface area (Å²) in [5.41, 5.74) is -0.383. The van der Waals surface area contributed by atoms with Crippen LogP contribution in [0.3, 0.4) is 0 Å². The van der Waals surface area contributed by atoms with Crippen molar-refractivity contribution < 1.29 is 14.7 Å². The van der Waals surface area contributed by atoms with Crippen LogP contribution in [0.25, 0.3) is 0 Å². The van der Waals surface area contributed by atoms with Crippen LogP contribution < -0.4 is 0 Å². The van der Waals surface area contributed by atoms with Crippen LogP contribution in [-0.4, -0.2) is 44.9 Å². The van der Waals surface area contributed by atoms with E-state index in [1.54, 1.807) is 4.90 Å². The summed E-state index contributed by atoms with van der Waals surface area (Å²) >= 11 is 0. The number of carboxylic acid groups (broad SMARTS) is 1. The molecule has 0 saturated heterocycles. The van der Waals surface area contributed by atoms with Gasteiger partial charge in [-0.15, -0.1) is 0 Å². The van der Waals surface area contributed by atoms with Crippen LogP contribution in [0.5, 0.6) is 0 Å². The minimum Gasteiger partial charge on any atom is -0.476 e. The molecular formula is C12H17N3O3. The highest BCUT2D eigenvalue weighted by Gasteiger charge is 2.23. The third-order valence-corrected chi connectivity index (χ3v) is 2.38. The molecule has 6 nitrogen and oxygen atoms in total. The van der Waals surface area contributed by atoms with Crippen molar-refractivity contribution in [3.05, 3.63) is 23.8 Å². The summed E-state index contributed by atoms with van der Waals surface area (Å²) in [7, 11) is 0. The van der Waals surface area contributed by atoms with E-state index in [1.165, 1.54) is 12.4 Å². The molecule has 0 aliphatic heterocycles. The average Bonchev–Trinajstić information content (AvgIpc) is 2.37. The summed E-state index contributed by atoms with van der Waals surface area (Å²) < 4.78 is 0. The molecule has 0 fully saturated rings. The Morgan fingerprint density at radius 1 is 1.11 bits per heavy atom. The number of aromatic carboxylic acids is 1. The van der Waals surface area contributed by atoms with Crippen molar-refractivity contribution >= 4 is 11.9 Å². The molecule has 18 heavy (non-hydrogen) atoms. The predicted octanol–water partition coefficient (Wildman–Crippen LogP) is 1.44. The summed E-state index contributed by atoms with van der Waals surface area (Å²) in [5.74, 6) is -1.61. The van der Waals surface area contributed by atoms with Crippen molar-refractivity contribution in [1.82, 2.24) is 14.9 Å². The lowest BCUT2D eigenvalue weighted by molar-refractivity contribution is 0.0665. The molecule has 6 heteroatoms. The molecular weight excluding hydrogens is 234 g/mol. The van der Waals surface area contributed by atoms with Gasteiger partial charge in [0, 0.05) is 25.5 Å². The van der Waals surface area contributed by atoms with Gasteiger partial charge in [0.1, 0.15) is 0 Å². The van der Waals surface area contributed by atoms with E-state index in [-0.39, 0.29) is 17.3 Å². The van der Waals surface area contributed by atoms with Gasteiger partial charge in [0.25, 0.3) is 5.91 Å². The van der Waals surface area contributed by atoms with E-state index in [0.717, 1.165) is 12.8 Å².